The van der Waals surface area contributed by atoms with Crippen LogP contribution < -0.4 is 5.32 Å². The molecule has 3 nitrogen and oxygen atoms in total. The number of nitrogens with one attached hydrogen (secondary N) is 1. The Kier molecular flexibility index (Phi) is 5.50. The number of aromatic nitrogens is 2. The molecule has 1 aliphatic carbocycles. The Morgan fingerprint density at radius 1 is 1.09 bits per heavy atom. The van der Waals surface area contributed by atoms with Crippen molar-refractivity contribution in [1.29, 1.82) is 0 Å². The van der Waals surface area contributed by atoms with Gasteiger partial charge in [-0.2, -0.15) is 5.10 Å². The third-order valence-electron chi connectivity index (χ3n) is 4.98. The van der Waals surface area contributed by atoms with Gasteiger partial charge in [-0.05, 0) is 44.2 Å². The molecule has 23 heavy (non-hydrogen) atoms. The zero-order valence-corrected chi connectivity index (χ0v) is 14.4. The molecular weight excluding hydrogens is 282 g/mol. The smallest absolute Gasteiger partial charge is 0.0762 e. The molecule has 1 aliphatic rings. The average molecular weight is 311 g/mol. The lowest BCUT2D eigenvalue weighted by molar-refractivity contribution is 0.269. The summed E-state index contributed by atoms with van der Waals surface area (Å²) in [5.41, 5.74) is 2.55. The van der Waals surface area contributed by atoms with Gasteiger partial charge in [-0.25, -0.2) is 0 Å². The van der Waals surface area contributed by atoms with Gasteiger partial charge in [0.1, 0.15) is 0 Å². The summed E-state index contributed by atoms with van der Waals surface area (Å²) in [5.74, 6) is 0.748. The zero-order valence-electron chi connectivity index (χ0n) is 14.4. The maximum atomic E-state index is 4.67. The predicted octanol–water partition coefficient (Wildman–Crippen LogP) is 4.88. The van der Waals surface area contributed by atoms with Crippen LogP contribution in [0.2, 0.25) is 0 Å². The van der Waals surface area contributed by atoms with Crippen molar-refractivity contribution in [3.8, 4) is 0 Å². The SMILES string of the molecule is CC(C)n1ccc(CN[C@@H](c2ccccc2)C2CCCCC2)n1. The van der Waals surface area contributed by atoms with E-state index >= 15 is 0 Å². The summed E-state index contributed by atoms with van der Waals surface area (Å²) in [5, 5.41) is 8.47. The van der Waals surface area contributed by atoms with E-state index in [4.69, 9.17) is 0 Å². The van der Waals surface area contributed by atoms with Gasteiger partial charge < -0.3 is 5.32 Å². The lowest BCUT2D eigenvalue weighted by atomic mass is 9.81. The van der Waals surface area contributed by atoms with Gasteiger partial charge in [0.2, 0.25) is 0 Å². The number of nitrogens with zero attached hydrogens (tertiary/aromatic N) is 2. The van der Waals surface area contributed by atoms with Crippen molar-refractivity contribution in [1.82, 2.24) is 15.1 Å². The highest BCUT2D eigenvalue weighted by Crippen LogP contribution is 2.34. The van der Waals surface area contributed by atoms with Crippen LogP contribution in [0.5, 0.6) is 0 Å². The summed E-state index contributed by atoms with van der Waals surface area (Å²) in [6.45, 7) is 5.17. The molecule has 0 unspecified atom stereocenters. The lowest BCUT2D eigenvalue weighted by Crippen LogP contribution is -2.29. The van der Waals surface area contributed by atoms with Crippen LogP contribution in [-0.4, -0.2) is 9.78 Å². The van der Waals surface area contributed by atoms with Gasteiger partial charge in [0.25, 0.3) is 0 Å². The maximum Gasteiger partial charge on any atom is 0.0762 e. The summed E-state index contributed by atoms with van der Waals surface area (Å²) < 4.78 is 2.04. The first-order valence-electron chi connectivity index (χ1n) is 9.06. The van der Waals surface area contributed by atoms with Crippen LogP contribution in [0.15, 0.2) is 42.6 Å². The fourth-order valence-electron chi connectivity index (χ4n) is 3.66. The van der Waals surface area contributed by atoms with E-state index in [1.165, 1.54) is 37.7 Å². The molecule has 0 saturated heterocycles. The summed E-state index contributed by atoms with van der Waals surface area (Å²) in [4.78, 5) is 0. The van der Waals surface area contributed by atoms with Crippen LogP contribution in [-0.2, 0) is 6.54 Å². The Labute approximate surface area is 140 Å². The molecule has 1 atom stereocenters. The second kappa shape index (κ2) is 7.78. The first-order valence-corrected chi connectivity index (χ1v) is 9.06. The minimum atomic E-state index is 0.423. The minimum Gasteiger partial charge on any atom is -0.304 e. The van der Waals surface area contributed by atoms with E-state index in [0.717, 1.165) is 18.2 Å². The van der Waals surface area contributed by atoms with Gasteiger partial charge in [-0.3, -0.25) is 4.68 Å². The first-order chi connectivity index (χ1) is 11.2. The third kappa shape index (κ3) is 4.23. The van der Waals surface area contributed by atoms with E-state index in [0.29, 0.717) is 12.1 Å². The van der Waals surface area contributed by atoms with E-state index in [2.05, 4.69) is 66.9 Å². The third-order valence-corrected chi connectivity index (χ3v) is 4.98. The molecular formula is C20H29N3. The topological polar surface area (TPSA) is 29.9 Å². The Morgan fingerprint density at radius 3 is 2.48 bits per heavy atom. The van der Waals surface area contributed by atoms with Gasteiger partial charge in [0.05, 0.1) is 5.69 Å². The molecule has 3 heteroatoms. The number of hydrogen-bond acceptors (Lipinski definition) is 2. The van der Waals surface area contributed by atoms with Crippen molar-refractivity contribution >= 4 is 0 Å². The van der Waals surface area contributed by atoms with Gasteiger partial charge >= 0.3 is 0 Å². The van der Waals surface area contributed by atoms with Crippen LogP contribution >= 0.6 is 0 Å². The Hall–Kier alpha value is -1.61. The highest BCUT2D eigenvalue weighted by molar-refractivity contribution is 5.20. The van der Waals surface area contributed by atoms with E-state index in [9.17, 15) is 0 Å². The van der Waals surface area contributed by atoms with Crippen molar-refractivity contribution in [2.45, 2.75) is 64.6 Å². The highest BCUT2D eigenvalue weighted by Gasteiger charge is 2.24. The second-order valence-corrected chi connectivity index (χ2v) is 7.05. The molecule has 2 aromatic rings. The molecule has 0 aliphatic heterocycles. The largest absolute Gasteiger partial charge is 0.304 e. The second-order valence-electron chi connectivity index (χ2n) is 7.05. The summed E-state index contributed by atoms with van der Waals surface area (Å²) in [6.07, 6.45) is 8.91. The van der Waals surface area contributed by atoms with Crippen molar-refractivity contribution in [2.75, 3.05) is 0 Å². The molecule has 0 spiro atoms. The summed E-state index contributed by atoms with van der Waals surface area (Å²) >= 11 is 0. The molecule has 1 aromatic heterocycles. The van der Waals surface area contributed by atoms with E-state index in [-0.39, 0.29) is 0 Å². The lowest BCUT2D eigenvalue weighted by Gasteiger charge is -2.31. The van der Waals surface area contributed by atoms with Crippen LogP contribution in [0.1, 0.15) is 69.3 Å². The molecule has 0 radical (unpaired) electrons. The molecule has 0 amide bonds. The van der Waals surface area contributed by atoms with Crippen molar-refractivity contribution in [3.05, 3.63) is 53.9 Å². The van der Waals surface area contributed by atoms with Crippen LogP contribution in [0.4, 0.5) is 0 Å². The Morgan fingerprint density at radius 2 is 1.83 bits per heavy atom. The zero-order chi connectivity index (χ0) is 16.1. The molecule has 1 saturated carbocycles. The normalized spacial score (nSPS) is 17.5. The van der Waals surface area contributed by atoms with Crippen molar-refractivity contribution in [2.24, 2.45) is 5.92 Å². The van der Waals surface area contributed by atoms with E-state index in [1.54, 1.807) is 0 Å². The average Bonchev–Trinajstić information content (AvgIpc) is 3.06. The van der Waals surface area contributed by atoms with Crippen LogP contribution in [0, 0.1) is 5.92 Å². The fourth-order valence-corrected chi connectivity index (χ4v) is 3.66. The van der Waals surface area contributed by atoms with Crippen LogP contribution in [0.3, 0.4) is 0 Å². The number of benzene rings is 1. The predicted molar refractivity (Wildman–Crippen MR) is 95.2 cm³/mol. The molecule has 1 aromatic carbocycles. The van der Waals surface area contributed by atoms with E-state index < -0.39 is 0 Å². The van der Waals surface area contributed by atoms with Crippen molar-refractivity contribution < 1.29 is 0 Å². The molecule has 1 fully saturated rings. The summed E-state index contributed by atoms with van der Waals surface area (Å²) in [6, 6.07) is 13.9. The monoisotopic (exact) mass is 311 g/mol. The highest BCUT2D eigenvalue weighted by atomic mass is 15.3. The number of hydrogen-bond donors (Lipinski definition) is 1. The standard InChI is InChI=1S/C20H29N3/c1-16(2)23-14-13-19(22-23)15-21-20(17-9-5-3-6-10-17)18-11-7-4-8-12-18/h3,5-6,9-10,13-14,16,18,20-21H,4,7-8,11-12,15H2,1-2H3/t20-/m0/s1. The number of rotatable bonds is 6. The quantitative estimate of drug-likeness (QED) is 0.824. The van der Waals surface area contributed by atoms with E-state index in [1.807, 2.05) is 4.68 Å². The molecule has 1 N–H and O–H groups in total. The van der Waals surface area contributed by atoms with Gasteiger partial charge in [-0.1, -0.05) is 49.6 Å². The van der Waals surface area contributed by atoms with Crippen molar-refractivity contribution in [3.63, 3.8) is 0 Å². The first kappa shape index (κ1) is 16.3. The maximum absolute atomic E-state index is 4.67. The molecule has 124 valence electrons. The van der Waals surface area contributed by atoms with Crippen LogP contribution in [0.25, 0.3) is 0 Å². The molecule has 0 bridgehead atoms. The Balaban J connectivity index is 1.70. The molecule has 3 rings (SSSR count). The van der Waals surface area contributed by atoms with Gasteiger partial charge in [-0.15, -0.1) is 0 Å². The molecule has 1 heterocycles. The van der Waals surface area contributed by atoms with Gasteiger partial charge in [0.15, 0.2) is 0 Å². The Bertz CT molecular complexity index is 582. The summed E-state index contributed by atoms with van der Waals surface area (Å²) in [7, 11) is 0. The minimum absolute atomic E-state index is 0.423. The van der Waals surface area contributed by atoms with Gasteiger partial charge in [0, 0.05) is 24.8 Å². The fraction of sp³-hybridized carbons (Fsp3) is 0.550.